The van der Waals surface area contributed by atoms with Gasteiger partial charge in [0.2, 0.25) is 10.0 Å². The number of ether oxygens (including phenoxy) is 1. The minimum atomic E-state index is -3.57. The summed E-state index contributed by atoms with van der Waals surface area (Å²) in [5, 5.41) is 0.456. The molecule has 1 N–H and O–H groups in total. The number of nitrogens with one attached hydrogen (secondary N) is 1. The zero-order valence-electron chi connectivity index (χ0n) is 15.6. The number of sulfonamides is 1. The number of hydrogen-bond acceptors (Lipinski definition) is 4. The van der Waals surface area contributed by atoms with E-state index < -0.39 is 10.0 Å². The van der Waals surface area contributed by atoms with Crippen molar-refractivity contribution in [1.82, 2.24) is 9.62 Å². The van der Waals surface area contributed by atoms with E-state index in [1.807, 2.05) is 12.1 Å². The fourth-order valence-electron chi connectivity index (χ4n) is 3.58. The molecular weight excluding hydrogens is 384 g/mol. The molecule has 1 heterocycles. The SMILES string of the molecule is COc1ccc(C2CCCN2CCNS(=O)(=O)c2cccc(Cl)c2C)cc1. The standard InChI is InChI=1S/C20H25ClN2O3S/c1-15-18(21)5-3-7-20(15)27(24,25)22-12-14-23-13-4-6-19(23)16-8-10-17(26-2)11-9-16/h3,5,7-11,19,22H,4,6,12-14H2,1-2H3. The number of halogens is 1. The van der Waals surface area contributed by atoms with Crippen molar-refractivity contribution in [3.63, 3.8) is 0 Å². The van der Waals surface area contributed by atoms with Gasteiger partial charge in [-0.1, -0.05) is 29.8 Å². The van der Waals surface area contributed by atoms with E-state index >= 15 is 0 Å². The third-order valence-corrected chi connectivity index (χ3v) is 7.08. The van der Waals surface area contributed by atoms with Gasteiger partial charge in [-0.05, 0) is 61.7 Å². The van der Waals surface area contributed by atoms with Gasteiger partial charge in [-0.25, -0.2) is 13.1 Å². The highest BCUT2D eigenvalue weighted by Gasteiger charge is 2.26. The maximum absolute atomic E-state index is 12.6. The van der Waals surface area contributed by atoms with E-state index in [-0.39, 0.29) is 4.90 Å². The van der Waals surface area contributed by atoms with Crippen molar-refractivity contribution < 1.29 is 13.2 Å². The highest BCUT2D eigenvalue weighted by molar-refractivity contribution is 7.89. The Morgan fingerprint density at radius 3 is 2.67 bits per heavy atom. The van der Waals surface area contributed by atoms with Crippen molar-refractivity contribution in [2.75, 3.05) is 26.7 Å². The normalized spacial score (nSPS) is 18.0. The molecule has 1 aliphatic heterocycles. The Hall–Kier alpha value is -1.60. The van der Waals surface area contributed by atoms with E-state index in [4.69, 9.17) is 16.3 Å². The first-order valence-electron chi connectivity index (χ1n) is 9.05. The average Bonchev–Trinajstić information content (AvgIpc) is 3.12. The number of methoxy groups -OCH3 is 1. The third kappa shape index (κ3) is 4.63. The molecule has 0 aromatic heterocycles. The molecular formula is C20H25ClN2O3S. The second-order valence-electron chi connectivity index (χ2n) is 6.73. The van der Waals surface area contributed by atoms with Crippen LogP contribution in [0.3, 0.4) is 0 Å². The molecule has 3 rings (SSSR count). The van der Waals surface area contributed by atoms with Gasteiger partial charge < -0.3 is 4.74 Å². The number of benzene rings is 2. The average molecular weight is 409 g/mol. The third-order valence-electron chi connectivity index (χ3n) is 5.06. The van der Waals surface area contributed by atoms with E-state index in [9.17, 15) is 8.42 Å². The topological polar surface area (TPSA) is 58.6 Å². The van der Waals surface area contributed by atoms with Crippen LogP contribution in [0.15, 0.2) is 47.4 Å². The Labute approximate surface area is 166 Å². The van der Waals surface area contributed by atoms with Crippen LogP contribution in [-0.2, 0) is 10.0 Å². The van der Waals surface area contributed by atoms with Gasteiger partial charge in [-0.2, -0.15) is 0 Å². The molecule has 0 spiro atoms. The Kier molecular flexibility index (Phi) is 6.42. The molecule has 1 aliphatic rings. The maximum Gasteiger partial charge on any atom is 0.240 e. The van der Waals surface area contributed by atoms with Crippen molar-refractivity contribution >= 4 is 21.6 Å². The van der Waals surface area contributed by atoms with Crippen LogP contribution in [0.2, 0.25) is 5.02 Å². The highest BCUT2D eigenvalue weighted by atomic mass is 35.5. The summed E-state index contributed by atoms with van der Waals surface area (Å²) in [5.74, 6) is 0.841. The molecule has 0 aliphatic carbocycles. The molecule has 2 aromatic carbocycles. The maximum atomic E-state index is 12.6. The summed E-state index contributed by atoms with van der Waals surface area (Å²) < 4.78 is 33.1. The first kappa shape index (κ1) is 20.1. The lowest BCUT2D eigenvalue weighted by Gasteiger charge is -2.25. The van der Waals surface area contributed by atoms with Crippen molar-refractivity contribution in [3.05, 3.63) is 58.6 Å². The number of likely N-dealkylation sites (tertiary alicyclic amines) is 1. The van der Waals surface area contributed by atoms with Crippen LogP contribution in [0.5, 0.6) is 5.75 Å². The minimum Gasteiger partial charge on any atom is -0.497 e. The van der Waals surface area contributed by atoms with Crippen molar-refractivity contribution in [2.45, 2.75) is 30.7 Å². The zero-order valence-corrected chi connectivity index (χ0v) is 17.2. The summed E-state index contributed by atoms with van der Waals surface area (Å²) in [6.45, 7) is 3.71. The summed E-state index contributed by atoms with van der Waals surface area (Å²) in [7, 11) is -1.92. The number of hydrogen-bond donors (Lipinski definition) is 1. The van der Waals surface area contributed by atoms with Crippen molar-refractivity contribution in [3.8, 4) is 5.75 Å². The molecule has 0 radical (unpaired) electrons. The molecule has 1 unspecified atom stereocenters. The summed E-state index contributed by atoms with van der Waals surface area (Å²) in [5.41, 5.74) is 1.81. The van der Waals surface area contributed by atoms with Crippen LogP contribution in [0.25, 0.3) is 0 Å². The van der Waals surface area contributed by atoms with E-state index in [0.29, 0.717) is 29.7 Å². The van der Waals surface area contributed by atoms with Gasteiger partial charge in [0.05, 0.1) is 12.0 Å². The van der Waals surface area contributed by atoms with Gasteiger partial charge in [0.25, 0.3) is 0 Å². The molecule has 1 atom stereocenters. The van der Waals surface area contributed by atoms with Crippen molar-refractivity contribution in [2.24, 2.45) is 0 Å². The van der Waals surface area contributed by atoms with Gasteiger partial charge in [0.1, 0.15) is 5.75 Å². The predicted molar refractivity (Wildman–Crippen MR) is 108 cm³/mol. The summed E-state index contributed by atoms with van der Waals surface area (Å²) >= 11 is 6.06. The van der Waals surface area contributed by atoms with Gasteiger partial charge in [0.15, 0.2) is 0 Å². The number of rotatable bonds is 7. The van der Waals surface area contributed by atoms with Crippen LogP contribution in [0.4, 0.5) is 0 Å². The van der Waals surface area contributed by atoms with E-state index in [2.05, 4.69) is 21.8 Å². The monoisotopic (exact) mass is 408 g/mol. The lowest BCUT2D eigenvalue weighted by atomic mass is 10.0. The lowest BCUT2D eigenvalue weighted by Crippen LogP contribution is -2.35. The fourth-order valence-corrected chi connectivity index (χ4v) is 5.09. The minimum absolute atomic E-state index is 0.239. The zero-order chi connectivity index (χ0) is 19.4. The van der Waals surface area contributed by atoms with Crippen molar-refractivity contribution in [1.29, 1.82) is 0 Å². The van der Waals surface area contributed by atoms with Crippen LogP contribution in [0.1, 0.15) is 30.0 Å². The van der Waals surface area contributed by atoms with Crippen LogP contribution >= 0.6 is 11.6 Å². The lowest BCUT2D eigenvalue weighted by molar-refractivity contribution is 0.261. The molecule has 0 amide bonds. The molecule has 146 valence electrons. The van der Waals surface area contributed by atoms with Gasteiger partial charge >= 0.3 is 0 Å². The van der Waals surface area contributed by atoms with E-state index in [1.165, 1.54) is 5.56 Å². The van der Waals surface area contributed by atoms with Crippen LogP contribution in [0, 0.1) is 6.92 Å². The molecule has 0 saturated carbocycles. The Morgan fingerprint density at radius 2 is 1.96 bits per heavy atom. The molecule has 1 saturated heterocycles. The van der Waals surface area contributed by atoms with Gasteiger partial charge in [-0.3, -0.25) is 4.90 Å². The summed E-state index contributed by atoms with van der Waals surface area (Å²) in [6, 6.07) is 13.4. The van der Waals surface area contributed by atoms with Gasteiger partial charge in [0, 0.05) is 24.2 Å². The highest BCUT2D eigenvalue weighted by Crippen LogP contribution is 2.32. The molecule has 0 bridgehead atoms. The molecule has 1 fully saturated rings. The van der Waals surface area contributed by atoms with E-state index in [0.717, 1.165) is 25.1 Å². The van der Waals surface area contributed by atoms with Crippen LogP contribution < -0.4 is 9.46 Å². The fraction of sp³-hybridized carbons (Fsp3) is 0.400. The predicted octanol–water partition coefficient (Wildman–Crippen LogP) is 3.77. The van der Waals surface area contributed by atoms with Crippen LogP contribution in [-0.4, -0.2) is 40.1 Å². The second-order valence-corrected chi connectivity index (χ2v) is 8.87. The molecule has 27 heavy (non-hydrogen) atoms. The Balaban J connectivity index is 1.62. The number of nitrogens with zero attached hydrogens (tertiary/aromatic N) is 1. The smallest absolute Gasteiger partial charge is 0.240 e. The molecule has 7 heteroatoms. The summed E-state index contributed by atoms with van der Waals surface area (Å²) in [4.78, 5) is 2.57. The molecule has 2 aromatic rings. The first-order chi connectivity index (χ1) is 12.9. The summed E-state index contributed by atoms with van der Waals surface area (Å²) in [6.07, 6.45) is 2.18. The Morgan fingerprint density at radius 1 is 1.22 bits per heavy atom. The van der Waals surface area contributed by atoms with Gasteiger partial charge in [-0.15, -0.1) is 0 Å². The first-order valence-corrected chi connectivity index (χ1v) is 10.9. The second kappa shape index (κ2) is 8.61. The molecule has 5 nitrogen and oxygen atoms in total. The Bertz CT molecular complexity index is 885. The van der Waals surface area contributed by atoms with E-state index in [1.54, 1.807) is 32.2 Å². The quantitative estimate of drug-likeness (QED) is 0.757. The largest absolute Gasteiger partial charge is 0.497 e.